The molecule has 0 heterocycles. The molecule has 0 radical (unpaired) electrons. The summed E-state index contributed by atoms with van der Waals surface area (Å²) in [5.41, 5.74) is 1.20. The first-order chi connectivity index (χ1) is 7.47. The summed E-state index contributed by atoms with van der Waals surface area (Å²) in [7, 11) is 4.89. The minimum Gasteiger partial charge on any atom is -0.467 e. The molecule has 5 heteroatoms. The van der Waals surface area contributed by atoms with E-state index in [0.717, 1.165) is 5.69 Å². The first-order valence-electron chi connectivity index (χ1n) is 4.70. The van der Waals surface area contributed by atoms with Crippen LogP contribution in [0.2, 0.25) is 5.02 Å². The maximum atomic E-state index is 11.2. The molecule has 1 atom stereocenters. The number of hydrogen-bond acceptors (Lipinski definition) is 4. The van der Waals surface area contributed by atoms with E-state index in [-0.39, 0.29) is 0 Å². The van der Waals surface area contributed by atoms with Crippen molar-refractivity contribution in [3.63, 3.8) is 0 Å². The second-order valence-electron chi connectivity index (χ2n) is 3.53. The third-order valence-corrected chi connectivity index (χ3v) is 2.51. The number of aliphatic hydroxyl groups excluding tert-OH is 1. The van der Waals surface area contributed by atoms with Gasteiger partial charge in [0.1, 0.15) is 0 Å². The molecule has 0 bridgehead atoms. The van der Waals surface area contributed by atoms with Crippen LogP contribution in [0.1, 0.15) is 11.7 Å². The lowest BCUT2D eigenvalue weighted by molar-refractivity contribution is -0.150. The molecule has 0 saturated carbocycles. The maximum absolute atomic E-state index is 11.2. The molecular formula is C11H14ClNO3. The van der Waals surface area contributed by atoms with Gasteiger partial charge in [-0.3, -0.25) is 0 Å². The van der Waals surface area contributed by atoms with Crippen LogP contribution >= 0.6 is 11.6 Å². The molecule has 0 aliphatic carbocycles. The van der Waals surface area contributed by atoms with Crippen molar-refractivity contribution < 1.29 is 14.6 Å². The highest BCUT2D eigenvalue weighted by Gasteiger charge is 2.19. The number of benzene rings is 1. The van der Waals surface area contributed by atoms with Crippen molar-refractivity contribution in [1.29, 1.82) is 0 Å². The fourth-order valence-electron chi connectivity index (χ4n) is 1.29. The Morgan fingerprint density at radius 2 is 2.12 bits per heavy atom. The van der Waals surface area contributed by atoms with Gasteiger partial charge in [0.25, 0.3) is 0 Å². The zero-order chi connectivity index (χ0) is 12.3. The SMILES string of the molecule is COC(=O)C(O)c1ccc(Cl)c(N(C)C)c1. The summed E-state index contributed by atoms with van der Waals surface area (Å²) in [4.78, 5) is 13.0. The number of hydrogen-bond donors (Lipinski definition) is 1. The number of aliphatic hydroxyl groups is 1. The number of nitrogens with zero attached hydrogens (tertiary/aromatic N) is 1. The molecule has 1 rings (SSSR count). The van der Waals surface area contributed by atoms with E-state index in [2.05, 4.69) is 4.74 Å². The molecule has 0 saturated heterocycles. The lowest BCUT2D eigenvalue weighted by Gasteiger charge is -2.17. The van der Waals surface area contributed by atoms with E-state index in [0.29, 0.717) is 10.6 Å². The second kappa shape index (κ2) is 5.18. The zero-order valence-electron chi connectivity index (χ0n) is 9.40. The molecule has 4 nitrogen and oxygen atoms in total. The normalized spacial score (nSPS) is 12.1. The molecule has 0 spiro atoms. The molecule has 0 aromatic heterocycles. The fraction of sp³-hybridized carbons (Fsp3) is 0.364. The molecule has 1 aromatic carbocycles. The number of carbonyl (C=O) groups is 1. The van der Waals surface area contributed by atoms with Gasteiger partial charge in [-0.25, -0.2) is 4.79 Å². The van der Waals surface area contributed by atoms with Crippen LogP contribution in [0.25, 0.3) is 0 Å². The van der Waals surface area contributed by atoms with E-state index in [1.54, 1.807) is 23.1 Å². The average Bonchev–Trinajstić information content (AvgIpc) is 2.27. The first kappa shape index (κ1) is 12.8. The Morgan fingerprint density at radius 1 is 1.50 bits per heavy atom. The number of anilines is 1. The largest absolute Gasteiger partial charge is 0.467 e. The summed E-state index contributed by atoms with van der Waals surface area (Å²) in [5.74, 6) is -0.688. The van der Waals surface area contributed by atoms with E-state index >= 15 is 0 Å². The van der Waals surface area contributed by atoms with Gasteiger partial charge in [0.15, 0.2) is 6.10 Å². The summed E-state index contributed by atoms with van der Waals surface area (Å²) >= 11 is 5.97. The smallest absolute Gasteiger partial charge is 0.339 e. The van der Waals surface area contributed by atoms with Gasteiger partial charge in [-0.15, -0.1) is 0 Å². The number of rotatable bonds is 3. The number of halogens is 1. The highest BCUT2D eigenvalue weighted by molar-refractivity contribution is 6.33. The van der Waals surface area contributed by atoms with Crippen molar-refractivity contribution in [3.05, 3.63) is 28.8 Å². The Bertz CT molecular complexity index is 393. The van der Waals surface area contributed by atoms with Gasteiger partial charge in [0, 0.05) is 14.1 Å². The first-order valence-corrected chi connectivity index (χ1v) is 5.08. The Morgan fingerprint density at radius 3 is 2.62 bits per heavy atom. The van der Waals surface area contributed by atoms with Crippen LogP contribution in [0.15, 0.2) is 18.2 Å². The molecular weight excluding hydrogens is 230 g/mol. The van der Waals surface area contributed by atoms with Gasteiger partial charge in [-0.2, -0.15) is 0 Å². The van der Waals surface area contributed by atoms with Gasteiger partial charge in [-0.05, 0) is 17.7 Å². The van der Waals surface area contributed by atoms with Crippen molar-refractivity contribution >= 4 is 23.3 Å². The van der Waals surface area contributed by atoms with Crippen LogP contribution in [0, 0.1) is 0 Å². The number of ether oxygens (including phenoxy) is 1. The van der Waals surface area contributed by atoms with E-state index in [9.17, 15) is 9.90 Å². The molecule has 1 N–H and O–H groups in total. The van der Waals surface area contributed by atoms with Gasteiger partial charge >= 0.3 is 5.97 Å². The molecule has 1 aromatic rings. The monoisotopic (exact) mass is 243 g/mol. The number of methoxy groups -OCH3 is 1. The third kappa shape index (κ3) is 2.65. The second-order valence-corrected chi connectivity index (χ2v) is 3.94. The van der Waals surface area contributed by atoms with Gasteiger partial charge in [-0.1, -0.05) is 17.7 Å². The van der Waals surface area contributed by atoms with E-state index in [1.807, 2.05) is 14.1 Å². The number of carbonyl (C=O) groups excluding carboxylic acids is 1. The van der Waals surface area contributed by atoms with E-state index < -0.39 is 12.1 Å². The Balaban J connectivity index is 3.07. The lowest BCUT2D eigenvalue weighted by atomic mass is 10.1. The standard InChI is InChI=1S/C11H14ClNO3/c1-13(2)9-6-7(4-5-8(9)12)10(14)11(15)16-3/h4-6,10,14H,1-3H3. The van der Waals surface area contributed by atoms with Crippen LogP contribution < -0.4 is 4.90 Å². The molecule has 1 unspecified atom stereocenters. The fourth-order valence-corrected chi connectivity index (χ4v) is 1.58. The maximum Gasteiger partial charge on any atom is 0.339 e. The molecule has 88 valence electrons. The summed E-state index contributed by atoms with van der Waals surface area (Å²) in [6, 6.07) is 4.89. The average molecular weight is 244 g/mol. The van der Waals surface area contributed by atoms with Crippen LogP contribution in [-0.4, -0.2) is 32.3 Å². The van der Waals surface area contributed by atoms with Crippen molar-refractivity contribution in [1.82, 2.24) is 0 Å². The molecule has 0 fully saturated rings. The van der Waals surface area contributed by atoms with Gasteiger partial charge in [0.2, 0.25) is 0 Å². The summed E-state index contributed by atoms with van der Waals surface area (Å²) < 4.78 is 4.46. The predicted molar refractivity (Wildman–Crippen MR) is 62.8 cm³/mol. The van der Waals surface area contributed by atoms with Crippen molar-refractivity contribution in [2.75, 3.05) is 26.1 Å². The van der Waals surface area contributed by atoms with Crippen molar-refractivity contribution in [2.45, 2.75) is 6.10 Å². The molecule has 16 heavy (non-hydrogen) atoms. The Labute approximate surface area is 99.4 Å². The van der Waals surface area contributed by atoms with Gasteiger partial charge in [0.05, 0.1) is 17.8 Å². The third-order valence-electron chi connectivity index (χ3n) is 2.19. The molecule has 0 aliphatic heterocycles. The highest BCUT2D eigenvalue weighted by atomic mass is 35.5. The molecule has 0 aliphatic rings. The number of esters is 1. The molecule has 0 amide bonds. The summed E-state index contributed by atoms with van der Waals surface area (Å²) in [6.07, 6.45) is -1.28. The van der Waals surface area contributed by atoms with E-state index in [4.69, 9.17) is 11.6 Å². The highest BCUT2D eigenvalue weighted by Crippen LogP contribution is 2.28. The van der Waals surface area contributed by atoms with Crippen LogP contribution in [0.4, 0.5) is 5.69 Å². The lowest BCUT2D eigenvalue weighted by Crippen LogP contribution is -2.15. The van der Waals surface area contributed by atoms with Crippen LogP contribution in [0.5, 0.6) is 0 Å². The quantitative estimate of drug-likeness (QED) is 0.820. The van der Waals surface area contributed by atoms with Gasteiger partial charge < -0.3 is 14.7 Å². The van der Waals surface area contributed by atoms with Crippen molar-refractivity contribution in [3.8, 4) is 0 Å². The minimum absolute atomic E-state index is 0.458. The van der Waals surface area contributed by atoms with E-state index in [1.165, 1.54) is 7.11 Å². The van der Waals surface area contributed by atoms with Crippen LogP contribution in [0.3, 0.4) is 0 Å². The predicted octanol–water partition coefficient (Wildman–Crippen LogP) is 1.61. The Kier molecular flexibility index (Phi) is 4.15. The zero-order valence-corrected chi connectivity index (χ0v) is 10.2. The minimum atomic E-state index is -1.28. The van der Waals surface area contributed by atoms with Crippen LogP contribution in [-0.2, 0) is 9.53 Å². The van der Waals surface area contributed by atoms with Crippen molar-refractivity contribution in [2.24, 2.45) is 0 Å². The Hall–Kier alpha value is -1.26. The summed E-state index contributed by atoms with van der Waals surface area (Å²) in [5, 5.41) is 10.2. The topological polar surface area (TPSA) is 49.8 Å². The summed E-state index contributed by atoms with van der Waals surface area (Å²) in [6.45, 7) is 0.